The fourth-order valence-electron chi connectivity index (χ4n) is 4.78. The third-order valence-electron chi connectivity index (χ3n) is 6.82. The molecule has 1 fully saturated rings. The molecule has 35 heavy (non-hydrogen) atoms. The van der Waals surface area contributed by atoms with Crippen LogP contribution in [-0.4, -0.2) is 28.6 Å². The van der Waals surface area contributed by atoms with E-state index in [1.54, 1.807) is 0 Å². The molecule has 5 rings (SSSR count). The molecule has 1 aromatic heterocycles. The number of halogens is 1. The molecule has 6 heteroatoms. The molecule has 1 aliphatic rings. The van der Waals surface area contributed by atoms with Gasteiger partial charge in [0, 0.05) is 36.1 Å². The van der Waals surface area contributed by atoms with E-state index in [2.05, 4.69) is 36.6 Å². The number of carbonyl (C=O) groups is 1. The molecule has 1 unspecified atom stereocenters. The molecule has 4 aromatic rings. The molecule has 0 radical (unpaired) electrons. The van der Waals surface area contributed by atoms with Crippen molar-refractivity contribution < 1.29 is 9.53 Å². The summed E-state index contributed by atoms with van der Waals surface area (Å²) in [6, 6.07) is 21.9. The molecule has 180 valence electrons. The lowest BCUT2D eigenvalue weighted by Crippen LogP contribution is -2.24. The zero-order valence-electron chi connectivity index (χ0n) is 20.2. The van der Waals surface area contributed by atoms with Crippen molar-refractivity contribution in [3.63, 3.8) is 0 Å². The highest BCUT2D eigenvalue weighted by Gasteiger charge is 2.34. The summed E-state index contributed by atoms with van der Waals surface area (Å²) in [5.74, 6) is 2.06. The fourth-order valence-corrected chi connectivity index (χ4v) is 4.97. The van der Waals surface area contributed by atoms with Gasteiger partial charge in [0.1, 0.15) is 11.6 Å². The number of para-hydroxylation sites is 2. The summed E-state index contributed by atoms with van der Waals surface area (Å²) in [6.45, 7) is 6.34. The van der Waals surface area contributed by atoms with Crippen molar-refractivity contribution in [3.8, 4) is 5.75 Å². The van der Waals surface area contributed by atoms with Crippen molar-refractivity contribution >= 4 is 34.2 Å². The number of carbonyl (C=O) groups excluding carboxylic acids is 1. The number of ether oxygens (including phenoxy) is 1. The number of aryl methyl sites for hydroxylation is 3. The molecular weight excluding hydrogens is 458 g/mol. The van der Waals surface area contributed by atoms with Crippen LogP contribution < -0.4 is 9.64 Å². The Morgan fingerprint density at radius 2 is 1.86 bits per heavy atom. The van der Waals surface area contributed by atoms with E-state index >= 15 is 0 Å². The first-order valence-electron chi connectivity index (χ1n) is 12.2. The molecule has 1 aliphatic heterocycles. The van der Waals surface area contributed by atoms with Crippen molar-refractivity contribution in [1.29, 1.82) is 0 Å². The van der Waals surface area contributed by atoms with Crippen molar-refractivity contribution in [1.82, 2.24) is 9.55 Å². The average molecular weight is 488 g/mol. The molecule has 0 spiro atoms. The van der Waals surface area contributed by atoms with E-state index in [-0.39, 0.29) is 11.8 Å². The topological polar surface area (TPSA) is 47.4 Å². The van der Waals surface area contributed by atoms with Gasteiger partial charge < -0.3 is 14.2 Å². The summed E-state index contributed by atoms with van der Waals surface area (Å²) >= 11 is 6.17. The maximum atomic E-state index is 12.9. The number of hydrogen-bond donors (Lipinski definition) is 0. The predicted octanol–water partition coefficient (Wildman–Crippen LogP) is 6.69. The molecular formula is C29H30ClN3O2. The molecule has 1 saturated heterocycles. The number of imidazole rings is 1. The minimum absolute atomic E-state index is 0.0423. The molecule has 0 saturated carbocycles. The first-order valence-corrected chi connectivity index (χ1v) is 12.6. The van der Waals surface area contributed by atoms with Crippen molar-refractivity contribution in [2.45, 2.75) is 45.6 Å². The zero-order chi connectivity index (χ0) is 24.4. The lowest BCUT2D eigenvalue weighted by molar-refractivity contribution is -0.117. The second-order valence-corrected chi connectivity index (χ2v) is 9.73. The second-order valence-electron chi connectivity index (χ2n) is 9.30. The summed E-state index contributed by atoms with van der Waals surface area (Å²) in [5.41, 5.74) is 5.45. The van der Waals surface area contributed by atoms with Gasteiger partial charge in [0.2, 0.25) is 5.91 Å². The molecule has 1 atom stereocenters. The van der Waals surface area contributed by atoms with Crippen LogP contribution in [0, 0.1) is 13.8 Å². The number of hydrogen-bond acceptors (Lipinski definition) is 3. The predicted molar refractivity (Wildman–Crippen MR) is 142 cm³/mol. The normalized spacial score (nSPS) is 15.8. The minimum atomic E-state index is 0.0423. The standard InChI is InChI=1S/C29H30ClN3O2/c1-20-12-13-25(16-21(20)2)35-15-6-5-14-32-27-11-4-3-10-26(27)31-29(32)22-17-28(34)33(19-22)24-9-7-8-23(30)18-24/h3-4,7-13,16,18,22H,5-6,14-15,17,19H2,1-2H3. The van der Waals surface area contributed by atoms with Crippen LogP contribution in [0.1, 0.15) is 42.1 Å². The molecule has 2 heterocycles. The number of nitrogens with zero attached hydrogens (tertiary/aromatic N) is 3. The number of rotatable bonds is 8. The SMILES string of the molecule is Cc1ccc(OCCCCn2c(C3CC(=O)N(c4cccc(Cl)c4)C3)nc3ccccc32)cc1C. The summed E-state index contributed by atoms with van der Waals surface area (Å²) < 4.78 is 8.27. The molecule has 1 amide bonds. The number of anilines is 1. The molecule has 0 bridgehead atoms. The zero-order valence-corrected chi connectivity index (χ0v) is 21.0. The number of fused-ring (bicyclic) bond motifs is 1. The van der Waals surface area contributed by atoms with Crippen molar-refractivity contribution in [3.05, 3.63) is 88.7 Å². The van der Waals surface area contributed by atoms with Gasteiger partial charge in [-0.2, -0.15) is 0 Å². The fraction of sp³-hybridized carbons (Fsp3) is 0.310. The second kappa shape index (κ2) is 10.1. The molecule has 5 nitrogen and oxygen atoms in total. The van der Waals surface area contributed by atoms with E-state index < -0.39 is 0 Å². The van der Waals surface area contributed by atoms with E-state index in [9.17, 15) is 4.79 Å². The highest BCUT2D eigenvalue weighted by atomic mass is 35.5. The third-order valence-corrected chi connectivity index (χ3v) is 7.05. The summed E-state index contributed by atoms with van der Waals surface area (Å²) in [6.07, 6.45) is 2.36. The quantitative estimate of drug-likeness (QED) is 0.260. The van der Waals surface area contributed by atoms with Gasteiger partial charge in [-0.15, -0.1) is 0 Å². The molecule has 0 N–H and O–H groups in total. The minimum Gasteiger partial charge on any atom is -0.494 e. The Labute approximate surface area is 211 Å². The first kappa shape index (κ1) is 23.4. The Bertz CT molecular complexity index is 1360. The Balaban J connectivity index is 1.28. The monoisotopic (exact) mass is 487 g/mol. The van der Waals surface area contributed by atoms with Gasteiger partial charge in [-0.1, -0.05) is 35.9 Å². The van der Waals surface area contributed by atoms with Crippen molar-refractivity contribution in [2.24, 2.45) is 0 Å². The molecule has 3 aromatic carbocycles. The largest absolute Gasteiger partial charge is 0.494 e. The summed E-state index contributed by atoms with van der Waals surface area (Å²) in [5, 5.41) is 0.633. The Kier molecular flexibility index (Phi) is 6.78. The van der Waals surface area contributed by atoms with Gasteiger partial charge in [0.25, 0.3) is 0 Å². The number of unbranched alkanes of at least 4 members (excludes halogenated alkanes) is 1. The Morgan fingerprint density at radius 3 is 2.69 bits per heavy atom. The van der Waals surface area contributed by atoms with E-state index in [0.717, 1.165) is 47.7 Å². The van der Waals surface area contributed by atoms with Gasteiger partial charge in [-0.05, 0) is 80.3 Å². The van der Waals surface area contributed by atoms with Crippen LogP contribution in [0.15, 0.2) is 66.7 Å². The number of benzene rings is 3. The van der Waals surface area contributed by atoms with Crippen LogP contribution in [0.4, 0.5) is 5.69 Å². The van der Waals surface area contributed by atoms with Gasteiger partial charge in [-0.3, -0.25) is 4.79 Å². The Morgan fingerprint density at radius 1 is 1.00 bits per heavy atom. The van der Waals surface area contributed by atoms with Crippen LogP contribution in [0.2, 0.25) is 5.02 Å². The highest BCUT2D eigenvalue weighted by Crippen LogP contribution is 2.34. The van der Waals surface area contributed by atoms with Crippen LogP contribution >= 0.6 is 11.6 Å². The lowest BCUT2D eigenvalue weighted by Gasteiger charge is -2.18. The van der Waals surface area contributed by atoms with Gasteiger partial charge >= 0.3 is 0 Å². The van der Waals surface area contributed by atoms with E-state index in [1.165, 1.54) is 11.1 Å². The third kappa shape index (κ3) is 5.06. The van der Waals surface area contributed by atoms with Crippen molar-refractivity contribution in [2.75, 3.05) is 18.1 Å². The van der Waals surface area contributed by atoms with Gasteiger partial charge in [0.15, 0.2) is 0 Å². The first-order chi connectivity index (χ1) is 17.0. The summed E-state index contributed by atoms with van der Waals surface area (Å²) in [7, 11) is 0. The van der Waals surface area contributed by atoms with E-state index in [0.29, 0.717) is 24.6 Å². The number of amides is 1. The average Bonchev–Trinajstić information content (AvgIpc) is 3.41. The maximum Gasteiger partial charge on any atom is 0.227 e. The maximum absolute atomic E-state index is 12.9. The van der Waals surface area contributed by atoms with Crippen LogP contribution in [0.3, 0.4) is 0 Å². The smallest absolute Gasteiger partial charge is 0.227 e. The number of aromatic nitrogens is 2. The van der Waals surface area contributed by atoms with E-state index in [4.69, 9.17) is 21.3 Å². The Hall–Kier alpha value is -3.31. The lowest BCUT2D eigenvalue weighted by atomic mass is 10.1. The highest BCUT2D eigenvalue weighted by molar-refractivity contribution is 6.30. The molecule has 0 aliphatic carbocycles. The van der Waals surface area contributed by atoms with Crippen LogP contribution in [0.5, 0.6) is 5.75 Å². The van der Waals surface area contributed by atoms with Crippen LogP contribution in [-0.2, 0) is 11.3 Å². The van der Waals surface area contributed by atoms with Gasteiger partial charge in [0.05, 0.1) is 17.6 Å². The van der Waals surface area contributed by atoms with Crippen LogP contribution in [0.25, 0.3) is 11.0 Å². The van der Waals surface area contributed by atoms with Gasteiger partial charge in [-0.25, -0.2) is 4.98 Å². The summed E-state index contributed by atoms with van der Waals surface area (Å²) in [4.78, 5) is 19.7. The van der Waals surface area contributed by atoms with E-state index in [1.807, 2.05) is 53.4 Å².